The highest BCUT2D eigenvalue weighted by Crippen LogP contribution is 2.46. The van der Waals surface area contributed by atoms with Crippen molar-refractivity contribution < 1.29 is 9.47 Å². The Bertz CT molecular complexity index is 265. The van der Waals surface area contributed by atoms with Crippen molar-refractivity contribution in [2.45, 2.75) is 52.7 Å². The predicted octanol–water partition coefficient (Wildman–Crippen LogP) is 2.21. The molecule has 3 unspecified atom stereocenters. The van der Waals surface area contributed by atoms with Crippen molar-refractivity contribution >= 4 is 0 Å². The van der Waals surface area contributed by atoms with Gasteiger partial charge >= 0.3 is 0 Å². The summed E-state index contributed by atoms with van der Waals surface area (Å²) in [6.07, 6.45) is 2.79. The molecule has 0 amide bonds. The summed E-state index contributed by atoms with van der Waals surface area (Å²) in [4.78, 5) is 0. The Kier molecular flexibility index (Phi) is 3.81. The first-order chi connectivity index (χ1) is 8.04. The molecule has 1 aliphatic heterocycles. The average molecular weight is 241 g/mol. The first-order valence-corrected chi connectivity index (χ1v) is 6.97. The highest BCUT2D eigenvalue weighted by Gasteiger charge is 2.51. The van der Waals surface area contributed by atoms with Crippen molar-refractivity contribution in [3.05, 3.63) is 0 Å². The van der Waals surface area contributed by atoms with E-state index in [1.165, 1.54) is 6.42 Å². The predicted molar refractivity (Wildman–Crippen MR) is 69.1 cm³/mol. The zero-order chi connectivity index (χ0) is 12.5. The molecule has 17 heavy (non-hydrogen) atoms. The zero-order valence-electron chi connectivity index (χ0n) is 11.7. The Balaban J connectivity index is 1.82. The van der Waals surface area contributed by atoms with Crippen LogP contribution in [0.2, 0.25) is 0 Å². The van der Waals surface area contributed by atoms with Gasteiger partial charge in [0.1, 0.15) is 0 Å². The first-order valence-electron chi connectivity index (χ1n) is 6.97. The topological polar surface area (TPSA) is 30.5 Å². The molecule has 2 rings (SSSR count). The lowest BCUT2D eigenvalue weighted by molar-refractivity contribution is -0.139. The van der Waals surface area contributed by atoms with Gasteiger partial charge in [-0.05, 0) is 19.8 Å². The van der Waals surface area contributed by atoms with Gasteiger partial charge in [-0.25, -0.2) is 0 Å². The third-order valence-electron chi connectivity index (χ3n) is 4.79. The van der Waals surface area contributed by atoms with Crippen LogP contribution in [-0.2, 0) is 9.47 Å². The summed E-state index contributed by atoms with van der Waals surface area (Å²) in [7, 11) is 0. The lowest BCUT2D eigenvalue weighted by Gasteiger charge is -2.55. The molecule has 0 radical (unpaired) electrons. The quantitative estimate of drug-likeness (QED) is 0.773. The van der Waals surface area contributed by atoms with Crippen molar-refractivity contribution in [3.63, 3.8) is 0 Å². The SMILES string of the molecule is CCOC1CC(NCC2(C)COC2)C1(C)CC. The Morgan fingerprint density at radius 1 is 1.29 bits per heavy atom. The van der Waals surface area contributed by atoms with E-state index < -0.39 is 0 Å². The molecule has 0 spiro atoms. The molecule has 1 aliphatic carbocycles. The summed E-state index contributed by atoms with van der Waals surface area (Å²) in [5.74, 6) is 0. The van der Waals surface area contributed by atoms with E-state index in [-0.39, 0.29) is 0 Å². The largest absolute Gasteiger partial charge is 0.380 e. The van der Waals surface area contributed by atoms with Gasteiger partial charge in [0.05, 0.1) is 19.3 Å². The molecule has 0 aromatic rings. The van der Waals surface area contributed by atoms with Gasteiger partial charge < -0.3 is 14.8 Å². The summed E-state index contributed by atoms with van der Waals surface area (Å²) in [6, 6.07) is 0.612. The Morgan fingerprint density at radius 2 is 2.00 bits per heavy atom. The van der Waals surface area contributed by atoms with Crippen LogP contribution in [0.15, 0.2) is 0 Å². The van der Waals surface area contributed by atoms with Gasteiger partial charge in [-0.15, -0.1) is 0 Å². The minimum atomic E-state index is 0.316. The number of hydrogen-bond donors (Lipinski definition) is 1. The van der Waals surface area contributed by atoms with Gasteiger partial charge in [0.2, 0.25) is 0 Å². The van der Waals surface area contributed by atoms with Crippen molar-refractivity contribution in [2.24, 2.45) is 10.8 Å². The van der Waals surface area contributed by atoms with Gasteiger partial charge in [-0.1, -0.05) is 20.8 Å². The van der Waals surface area contributed by atoms with E-state index >= 15 is 0 Å². The molecule has 3 atom stereocenters. The molecule has 0 aromatic heterocycles. The highest BCUT2D eigenvalue weighted by molar-refractivity contribution is 5.05. The Labute approximate surface area is 105 Å². The minimum absolute atomic E-state index is 0.316. The molecular formula is C14H27NO2. The molecule has 1 N–H and O–H groups in total. The van der Waals surface area contributed by atoms with Crippen LogP contribution in [0, 0.1) is 10.8 Å². The summed E-state index contributed by atoms with van der Waals surface area (Å²) in [5.41, 5.74) is 0.683. The van der Waals surface area contributed by atoms with E-state index in [4.69, 9.17) is 9.47 Å². The van der Waals surface area contributed by atoms with Crippen LogP contribution in [-0.4, -0.2) is 38.5 Å². The van der Waals surface area contributed by atoms with Gasteiger partial charge in [-0.2, -0.15) is 0 Å². The van der Waals surface area contributed by atoms with Crippen LogP contribution in [0.1, 0.15) is 40.5 Å². The molecule has 2 aliphatic rings. The Hall–Kier alpha value is -0.120. The lowest BCUT2D eigenvalue weighted by Crippen LogP contribution is -2.64. The molecule has 0 aromatic carbocycles. The molecule has 2 fully saturated rings. The summed E-state index contributed by atoms with van der Waals surface area (Å²) in [5, 5.41) is 3.73. The van der Waals surface area contributed by atoms with Crippen LogP contribution in [0.3, 0.4) is 0 Å². The smallest absolute Gasteiger partial charge is 0.0658 e. The zero-order valence-corrected chi connectivity index (χ0v) is 11.7. The molecule has 0 bridgehead atoms. The van der Waals surface area contributed by atoms with Crippen LogP contribution >= 0.6 is 0 Å². The maximum atomic E-state index is 5.82. The van der Waals surface area contributed by atoms with Crippen LogP contribution in [0.4, 0.5) is 0 Å². The van der Waals surface area contributed by atoms with E-state index in [2.05, 4.69) is 33.0 Å². The second-order valence-corrected chi connectivity index (χ2v) is 6.28. The number of nitrogens with one attached hydrogen (secondary N) is 1. The maximum Gasteiger partial charge on any atom is 0.0658 e. The number of hydrogen-bond acceptors (Lipinski definition) is 3. The van der Waals surface area contributed by atoms with E-state index in [0.29, 0.717) is 23.0 Å². The third kappa shape index (κ3) is 2.38. The van der Waals surface area contributed by atoms with Crippen molar-refractivity contribution in [1.82, 2.24) is 5.32 Å². The van der Waals surface area contributed by atoms with Crippen molar-refractivity contribution in [2.75, 3.05) is 26.4 Å². The Morgan fingerprint density at radius 3 is 2.47 bits per heavy atom. The van der Waals surface area contributed by atoms with Crippen molar-refractivity contribution in [3.8, 4) is 0 Å². The summed E-state index contributed by atoms with van der Waals surface area (Å²) < 4.78 is 11.1. The molecule has 3 nitrogen and oxygen atoms in total. The van der Waals surface area contributed by atoms with E-state index in [9.17, 15) is 0 Å². The minimum Gasteiger partial charge on any atom is -0.380 e. The maximum absolute atomic E-state index is 5.82. The van der Waals surface area contributed by atoms with E-state index in [1.54, 1.807) is 0 Å². The highest BCUT2D eigenvalue weighted by atomic mass is 16.5. The standard InChI is InChI=1S/C14H27NO2/c1-5-14(4)11(7-12(14)17-6-2)15-8-13(3)9-16-10-13/h11-12,15H,5-10H2,1-4H3. The molecule has 1 saturated carbocycles. The van der Waals surface area contributed by atoms with Crippen LogP contribution in [0.5, 0.6) is 0 Å². The normalized spacial score (nSPS) is 39.5. The molecule has 1 heterocycles. The lowest BCUT2D eigenvalue weighted by atomic mass is 9.61. The van der Waals surface area contributed by atoms with Gasteiger partial charge in [-0.3, -0.25) is 0 Å². The monoisotopic (exact) mass is 241 g/mol. The first kappa shape index (κ1) is 13.3. The third-order valence-corrected chi connectivity index (χ3v) is 4.79. The average Bonchev–Trinajstić information content (AvgIpc) is 2.29. The van der Waals surface area contributed by atoms with Gasteiger partial charge in [0, 0.05) is 30.0 Å². The molecular weight excluding hydrogens is 214 g/mol. The van der Waals surface area contributed by atoms with Crippen LogP contribution < -0.4 is 5.32 Å². The van der Waals surface area contributed by atoms with Crippen LogP contribution in [0.25, 0.3) is 0 Å². The van der Waals surface area contributed by atoms with Gasteiger partial charge in [0.25, 0.3) is 0 Å². The molecule has 3 heteroatoms. The fourth-order valence-corrected chi connectivity index (χ4v) is 2.99. The summed E-state index contributed by atoms with van der Waals surface area (Å²) in [6.45, 7) is 12.7. The molecule has 1 saturated heterocycles. The van der Waals surface area contributed by atoms with Crippen molar-refractivity contribution in [1.29, 1.82) is 0 Å². The second-order valence-electron chi connectivity index (χ2n) is 6.28. The fourth-order valence-electron chi connectivity index (χ4n) is 2.99. The summed E-state index contributed by atoms with van der Waals surface area (Å²) >= 11 is 0. The second kappa shape index (κ2) is 4.87. The van der Waals surface area contributed by atoms with E-state index in [0.717, 1.165) is 32.8 Å². The number of rotatable bonds is 6. The number of ether oxygens (including phenoxy) is 2. The molecule has 100 valence electrons. The fraction of sp³-hybridized carbons (Fsp3) is 1.00. The van der Waals surface area contributed by atoms with E-state index in [1.807, 2.05) is 0 Å². The van der Waals surface area contributed by atoms with Gasteiger partial charge in [0.15, 0.2) is 0 Å².